The first-order valence-corrected chi connectivity index (χ1v) is 7.36. The second kappa shape index (κ2) is 8.59. The third kappa shape index (κ3) is 3.83. The molecule has 4 aromatic rings. The molecule has 4 heteroatoms. The summed E-state index contributed by atoms with van der Waals surface area (Å²) < 4.78 is 0. The Kier molecular flexibility index (Phi) is 6.81. The lowest BCUT2D eigenvalue weighted by atomic mass is 9.95. The molecule has 0 amide bonds. The molecule has 25 heavy (non-hydrogen) atoms. The molecule has 0 unspecified atom stereocenters. The molecule has 0 aromatic heterocycles. The summed E-state index contributed by atoms with van der Waals surface area (Å²) in [6, 6.07) is 26.0. The van der Waals surface area contributed by atoms with Crippen molar-refractivity contribution in [1.29, 1.82) is 0 Å². The van der Waals surface area contributed by atoms with Crippen molar-refractivity contribution in [3.8, 4) is 0 Å². The van der Waals surface area contributed by atoms with E-state index in [1.807, 2.05) is 0 Å². The summed E-state index contributed by atoms with van der Waals surface area (Å²) in [6.45, 7) is 2.96. The first-order chi connectivity index (χ1) is 11.2. The molecule has 0 radical (unpaired) electrons. The molecule has 4 rings (SSSR count). The summed E-state index contributed by atoms with van der Waals surface area (Å²) in [5, 5.41) is 15.6. The smallest absolute Gasteiger partial charge is 0.327 e. The van der Waals surface area contributed by atoms with E-state index in [-0.39, 0.29) is 12.3 Å². The molecular weight excluding hydrogens is 312 g/mol. The second-order valence-corrected chi connectivity index (χ2v) is 5.18. The van der Waals surface area contributed by atoms with Gasteiger partial charge in [0.2, 0.25) is 0 Å². The molecule has 0 saturated carbocycles. The van der Waals surface area contributed by atoms with Gasteiger partial charge >= 0.3 is 5.97 Å². The minimum atomic E-state index is -0.981. The Morgan fingerprint density at radius 3 is 0.920 bits per heavy atom. The maximum atomic E-state index is 9.25. The zero-order valence-corrected chi connectivity index (χ0v) is 14.0. The predicted molar refractivity (Wildman–Crippen MR) is 107 cm³/mol. The highest BCUT2D eigenvalue weighted by molar-refractivity contribution is 6.25. The Labute approximate surface area is 146 Å². The van der Waals surface area contributed by atoms with Gasteiger partial charge in [0.05, 0.1) is 0 Å². The molecule has 0 saturated heterocycles. The van der Waals surface area contributed by atoms with Gasteiger partial charge in [0.15, 0.2) is 0 Å². The number of carbonyl (C=O) groups is 1. The standard InChI is InChI=1S/C18H12.C3H4O2.2H3N/c1-2-8-14-13(7-1)15-9-3-4-11-17(15)18-12-6-5-10-16(14)18;1-2-3(4)5;;/h1-12H;2H,1H2,(H,4,5);2*1H3. The lowest BCUT2D eigenvalue weighted by Crippen LogP contribution is -1.82. The quantitative estimate of drug-likeness (QED) is 0.305. The van der Waals surface area contributed by atoms with Gasteiger partial charge in [0.25, 0.3) is 0 Å². The Morgan fingerprint density at radius 1 is 0.640 bits per heavy atom. The van der Waals surface area contributed by atoms with Crippen LogP contribution in [0.1, 0.15) is 0 Å². The third-order valence-corrected chi connectivity index (χ3v) is 3.83. The van der Waals surface area contributed by atoms with E-state index in [2.05, 4.69) is 79.4 Å². The Bertz CT molecular complexity index is 805. The number of benzene rings is 4. The number of carboxylic acids is 1. The van der Waals surface area contributed by atoms with Crippen molar-refractivity contribution in [2.45, 2.75) is 0 Å². The Hall–Kier alpha value is -3.21. The molecule has 4 aromatic carbocycles. The maximum absolute atomic E-state index is 9.25. The first kappa shape index (κ1) is 19.8. The second-order valence-electron chi connectivity index (χ2n) is 5.18. The maximum Gasteiger partial charge on any atom is 0.327 e. The first-order valence-electron chi connectivity index (χ1n) is 7.36. The van der Waals surface area contributed by atoms with E-state index in [0.29, 0.717) is 0 Å². The van der Waals surface area contributed by atoms with Gasteiger partial charge in [0.1, 0.15) is 0 Å². The highest BCUT2D eigenvalue weighted by Gasteiger charge is 2.06. The van der Waals surface area contributed by atoms with Gasteiger partial charge in [-0.05, 0) is 32.3 Å². The zero-order valence-electron chi connectivity index (χ0n) is 14.0. The van der Waals surface area contributed by atoms with Gasteiger partial charge < -0.3 is 17.4 Å². The van der Waals surface area contributed by atoms with Crippen LogP contribution in [0.25, 0.3) is 32.3 Å². The number of rotatable bonds is 1. The average Bonchev–Trinajstić information content (AvgIpc) is 2.62. The average molecular weight is 334 g/mol. The zero-order chi connectivity index (χ0) is 16.2. The van der Waals surface area contributed by atoms with Crippen LogP contribution in [0.3, 0.4) is 0 Å². The summed E-state index contributed by atoms with van der Waals surface area (Å²) in [5.74, 6) is -0.981. The number of carboxylic acid groups (broad SMARTS) is 1. The van der Waals surface area contributed by atoms with Crippen LogP contribution < -0.4 is 12.3 Å². The molecular formula is C21H22N2O2. The van der Waals surface area contributed by atoms with Crippen molar-refractivity contribution in [1.82, 2.24) is 12.3 Å². The lowest BCUT2D eigenvalue weighted by Gasteiger charge is -2.09. The predicted octanol–water partition coefficient (Wildman–Crippen LogP) is 5.73. The van der Waals surface area contributed by atoms with Gasteiger partial charge in [-0.15, -0.1) is 0 Å². The van der Waals surface area contributed by atoms with Crippen LogP contribution >= 0.6 is 0 Å². The van der Waals surface area contributed by atoms with E-state index in [9.17, 15) is 4.79 Å². The fraction of sp³-hybridized carbons (Fsp3) is 0. The summed E-state index contributed by atoms with van der Waals surface area (Å²) in [4.78, 5) is 9.25. The van der Waals surface area contributed by atoms with Crippen LogP contribution in [0, 0.1) is 0 Å². The van der Waals surface area contributed by atoms with Crippen LogP contribution in [-0.4, -0.2) is 11.1 Å². The summed E-state index contributed by atoms with van der Waals surface area (Å²) >= 11 is 0. The fourth-order valence-electron chi connectivity index (χ4n) is 2.86. The van der Waals surface area contributed by atoms with Crippen LogP contribution in [0.15, 0.2) is 85.5 Å². The summed E-state index contributed by atoms with van der Waals surface area (Å²) in [6.07, 6.45) is 0.833. The number of aliphatic carboxylic acids is 1. The molecule has 0 heterocycles. The topological polar surface area (TPSA) is 107 Å². The van der Waals surface area contributed by atoms with Gasteiger partial charge in [-0.2, -0.15) is 0 Å². The number of hydrogen-bond acceptors (Lipinski definition) is 3. The molecule has 0 fully saturated rings. The molecule has 0 spiro atoms. The van der Waals surface area contributed by atoms with E-state index >= 15 is 0 Å². The fourth-order valence-corrected chi connectivity index (χ4v) is 2.86. The van der Waals surface area contributed by atoms with E-state index in [1.54, 1.807) is 0 Å². The van der Waals surface area contributed by atoms with E-state index in [0.717, 1.165) is 6.08 Å². The molecule has 0 aliphatic carbocycles. The minimum Gasteiger partial charge on any atom is -0.478 e. The van der Waals surface area contributed by atoms with Crippen molar-refractivity contribution in [3.05, 3.63) is 85.5 Å². The van der Waals surface area contributed by atoms with E-state index in [4.69, 9.17) is 5.11 Å². The number of hydrogen-bond donors (Lipinski definition) is 3. The third-order valence-electron chi connectivity index (χ3n) is 3.83. The largest absolute Gasteiger partial charge is 0.478 e. The molecule has 0 aliphatic heterocycles. The normalized spacial score (nSPS) is 9.44. The van der Waals surface area contributed by atoms with E-state index < -0.39 is 5.97 Å². The van der Waals surface area contributed by atoms with Crippen molar-refractivity contribution >= 4 is 38.3 Å². The van der Waals surface area contributed by atoms with Crippen LogP contribution in [0.5, 0.6) is 0 Å². The van der Waals surface area contributed by atoms with E-state index in [1.165, 1.54) is 32.3 Å². The van der Waals surface area contributed by atoms with Crippen molar-refractivity contribution in [2.24, 2.45) is 0 Å². The lowest BCUT2D eigenvalue weighted by molar-refractivity contribution is -0.131. The van der Waals surface area contributed by atoms with Gasteiger partial charge in [-0.1, -0.05) is 79.4 Å². The van der Waals surface area contributed by atoms with Gasteiger partial charge in [-0.25, -0.2) is 4.79 Å². The molecule has 128 valence electrons. The summed E-state index contributed by atoms with van der Waals surface area (Å²) in [5.41, 5.74) is 0. The van der Waals surface area contributed by atoms with Crippen LogP contribution in [0.2, 0.25) is 0 Å². The van der Waals surface area contributed by atoms with Gasteiger partial charge in [-0.3, -0.25) is 0 Å². The minimum absolute atomic E-state index is 0. The molecule has 0 atom stereocenters. The SMILES string of the molecule is C=CC(=O)O.N.N.c1ccc2c(c1)c1ccccc1c1ccccc21. The molecule has 7 N–H and O–H groups in total. The Morgan fingerprint density at radius 2 is 0.800 bits per heavy atom. The van der Waals surface area contributed by atoms with Gasteiger partial charge in [0, 0.05) is 6.08 Å². The highest BCUT2D eigenvalue weighted by Crippen LogP contribution is 2.34. The molecule has 4 nitrogen and oxygen atoms in total. The van der Waals surface area contributed by atoms with Crippen LogP contribution in [0.4, 0.5) is 0 Å². The number of fused-ring (bicyclic) bond motifs is 6. The monoisotopic (exact) mass is 334 g/mol. The van der Waals surface area contributed by atoms with Crippen molar-refractivity contribution < 1.29 is 9.90 Å². The van der Waals surface area contributed by atoms with Crippen molar-refractivity contribution in [3.63, 3.8) is 0 Å². The van der Waals surface area contributed by atoms with Crippen LogP contribution in [-0.2, 0) is 4.79 Å². The van der Waals surface area contributed by atoms with Crippen molar-refractivity contribution in [2.75, 3.05) is 0 Å². The highest BCUT2D eigenvalue weighted by atomic mass is 16.4. The molecule has 0 aliphatic rings. The molecule has 0 bridgehead atoms. The Balaban J connectivity index is 0.000000400. The summed E-state index contributed by atoms with van der Waals surface area (Å²) in [7, 11) is 0.